The summed E-state index contributed by atoms with van der Waals surface area (Å²) in [6.45, 7) is 0.696. The summed E-state index contributed by atoms with van der Waals surface area (Å²) in [6, 6.07) is 15.8. The molecule has 0 unspecified atom stereocenters. The molecule has 236 valence electrons. The van der Waals surface area contributed by atoms with Crippen molar-refractivity contribution < 1.29 is 40.6 Å². The summed E-state index contributed by atoms with van der Waals surface area (Å²) in [5.41, 5.74) is -0.728. The molecule has 2 aromatic heterocycles. The highest BCUT2D eigenvalue weighted by Crippen LogP contribution is 2.37. The minimum absolute atomic E-state index is 0.0402. The Balaban J connectivity index is 1.18. The van der Waals surface area contributed by atoms with Gasteiger partial charge in [-0.25, -0.2) is 31.6 Å². The SMILES string of the molecule is O=C(O)c1cnn(-c2cccc(-c3ccccc3OCc3ccc(C4CCN(S(=O)(=O)C5CC5)CC4)cc3F)n2)c1C(F)(F)F. The standard InChI is InChI=1S/C31H28F4N4O5S/c32-25-16-20(19-12-14-38(15-13-19)45(42,43)22-10-11-22)8-9-21(25)18-44-27-6-2-1-4-23(27)26-5-3-7-28(37-26)39-29(31(33,34)35)24(17-36-39)30(40)41/h1-9,16-17,19,22H,10-15,18H2,(H,40,41). The Labute approximate surface area is 256 Å². The van der Waals surface area contributed by atoms with E-state index in [1.165, 1.54) is 18.2 Å². The molecule has 6 rings (SSSR count). The largest absolute Gasteiger partial charge is 0.488 e. The summed E-state index contributed by atoms with van der Waals surface area (Å²) in [5.74, 6) is -2.14. The van der Waals surface area contributed by atoms with Gasteiger partial charge in [0.15, 0.2) is 11.5 Å². The van der Waals surface area contributed by atoms with Gasteiger partial charge in [-0.1, -0.05) is 30.3 Å². The predicted octanol–water partition coefficient (Wildman–Crippen LogP) is 6.04. The fraction of sp³-hybridized carbons (Fsp3) is 0.323. The fourth-order valence-electron chi connectivity index (χ4n) is 5.56. The van der Waals surface area contributed by atoms with Crippen molar-refractivity contribution in [2.45, 2.75) is 49.6 Å². The number of ether oxygens (including phenoxy) is 1. The number of aromatic carboxylic acids is 1. The van der Waals surface area contributed by atoms with Crippen LogP contribution in [0.5, 0.6) is 5.75 Å². The topological polar surface area (TPSA) is 115 Å². The van der Waals surface area contributed by atoms with Crippen LogP contribution in [0.1, 0.15) is 58.8 Å². The highest BCUT2D eigenvalue weighted by molar-refractivity contribution is 7.90. The molecule has 3 heterocycles. The molecule has 2 aromatic carbocycles. The number of hydrogen-bond acceptors (Lipinski definition) is 6. The van der Waals surface area contributed by atoms with Crippen LogP contribution < -0.4 is 4.74 Å². The van der Waals surface area contributed by atoms with Crippen molar-refractivity contribution >= 4 is 16.0 Å². The Hall–Kier alpha value is -4.30. The number of rotatable bonds is 9. The van der Waals surface area contributed by atoms with Crippen molar-refractivity contribution in [1.29, 1.82) is 0 Å². The minimum atomic E-state index is -5.00. The lowest BCUT2D eigenvalue weighted by Gasteiger charge is -2.31. The number of aromatic nitrogens is 3. The zero-order valence-electron chi connectivity index (χ0n) is 23.7. The number of pyridine rings is 1. The summed E-state index contributed by atoms with van der Waals surface area (Å²) >= 11 is 0. The molecule has 9 nitrogen and oxygen atoms in total. The Morgan fingerprint density at radius 1 is 1.00 bits per heavy atom. The van der Waals surface area contributed by atoms with Gasteiger partial charge in [0, 0.05) is 24.2 Å². The Kier molecular flexibility index (Phi) is 8.12. The third kappa shape index (κ3) is 6.29. The first-order valence-corrected chi connectivity index (χ1v) is 15.8. The lowest BCUT2D eigenvalue weighted by molar-refractivity contribution is -0.143. The number of benzene rings is 2. The first kappa shape index (κ1) is 30.7. The monoisotopic (exact) mass is 644 g/mol. The lowest BCUT2D eigenvalue weighted by atomic mass is 9.89. The van der Waals surface area contributed by atoms with Gasteiger partial charge in [0.25, 0.3) is 0 Å². The van der Waals surface area contributed by atoms with Gasteiger partial charge in [0.2, 0.25) is 10.0 Å². The van der Waals surface area contributed by atoms with Gasteiger partial charge in [-0.05, 0) is 67.5 Å². The molecule has 1 saturated heterocycles. The second kappa shape index (κ2) is 11.9. The van der Waals surface area contributed by atoms with Gasteiger partial charge >= 0.3 is 12.1 Å². The van der Waals surface area contributed by atoms with Gasteiger partial charge in [-0.15, -0.1) is 0 Å². The van der Waals surface area contributed by atoms with E-state index in [0.29, 0.717) is 61.0 Å². The number of carbonyl (C=O) groups is 1. The zero-order chi connectivity index (χ0) is 31.9. The molecule has 14 heteroatoms. The molecule has 0 atom stereocenters. The van der Waals surface area contributed by atoms with Crippen LogP contribution in [0.3, 0.4) is 0 Å². The van der Waals surface area contributed by atoms with Crippen LogP contribution in [0.2, 0.25) is 0 Å². The number of halogens is 4. The minimum Gasteiger partial charge on any atom is -0.488 e. The van der Waals surface area contributed by atoms with E-state index in [0.717, 1.165) is 5.56 Å². The van der Waals surface area contributed by atoms with E-state index in [2.05, 4.69) is 10.1 Å². The predicted molar refractivity (Wildman–Crippen MR) is 155 cm³/mol. The molecule has 1 aliphatic carbocycles. The number of carboxylic acid groups (broad SMARTS) is 1. The van der Waals surface area contributed by atoms with E-state index in [1.54, 1.807) is 40.7 Å². The van der Waals surface area contributed by atoms with Gasteiger partial charge in [-0.2, -0.15) is 18.3 Å². The van der Waals surface area contributed by atoms with Crippen molar-refractivity contribution in [3.63, 3.8) is 0 Å². The Bertz CT molecular complexity index is 1850. The second-order valence-electron chi connectivity index (χ2n) is 11.1. The summed E-state index contributed by atoms with van der Waals surface area (Å²) in [5, 5.41) is 12.6. The normalized spacial score (nSPS) is 16.5. The molecule has 1 saturated carbocycles. The smallest absolute Gasteiger partial charge is 0.434 e. The van der Waals surface area contributed by atoms with Crippen LogP contribution in [0.4, 0.5) is 17.6 Å². The van der Waals surface area contributed by atoms with Crippen LogP contribution in [-0.2, 0) is 22.8 Å². The lowest BCUT2D eigenvalue weighted by Crippen LogP contribution is -2.39. The Morgan fingerprint density at radius 3 is 2.40 bits per heavy atom. The average Bonchev–Trinajstić information content (AvgIpc) is 3.78. The maximum Gasteiger partial charge on any atom is 0.434 e. The molecule has 2 fully saturated rings. The van der Waals surface area contributed by atoms with Crippen molar-refractivity contribution in [2.24, 2.45) is 0 Å². The van der Waals surface area contributed by atoms with Gasteiger partial charge < -0.3 is 9.84 Å². The quantitative estimate of drug-likeness (QED) is 0.221. The zero-order valence-corrected chi connectivity index (χ0v) is 24.6. The summed E-state index contributed by atoms with van der Waals surface area (Å²) in [7, 11) is -3.23. The second-order valence-corrected chi connectivity index (χ2v) is 13.3. The summed E-state index contributed by atoms with van der Waals surface area (Å²) in [6.07, 6.45) is -1.72. The van der Waals surface area contributed by atoms with E-state index in [1.807, 2.05) is 6.07 Å². The van der Waals surface area contributed by atoms with Crippen LogP contribution in [0, 0.1) is 5.82 Å². The highest BCUT2D eigenvalue weighted by Gasteiger charge is 2.42. The van der Waals surface area contributed by atoms with Crippen molar-refractivity contribution in [2.75, 3.05) is 13.1 Å². The molecule has 0 radical (unpaired) electrons. The third-order valence-electron chi connectivity index (χ3n) is 8.07. The fourth-order valence-corrected chi connectivity index (χ4v) is 7.43. The van der Waals surface area contributed by atoms with Crippen LogP contribution >= 0.6 is 0 Å². The van der Waals surface area contributed by atoms with Crippen molar-refractivity contribution in [3.05, 3.63) is 95.1 Å². The van der Waals surface area contributed by atoms with E-state index in [4.69, 9.17) is 4.74 Å². The number of carboxylic acids is 1. The molecule has 0 spiro atoms. The highest BCUT2D eigenvalue weighted by atomic mass is 32.2. The number of alkyl halides is 3. The maximum absolute atomic E-state index is 15.2. The molecule has 1 aliphatic heterocycles. The molecular weight excluding hydrogens is 616 g/mol. The number of nitrogens with zero attached hydrogens (tertiary/aromatic N) is 4. The molecule has 1 N–H and O–H groups in total. The number of sulfonamides is 1. The van der Waals surface area contributed by atoms with Crippen molar-refractivity contribution in [1.82, 2.24) is 19.1 Å². The molecule has 0 amide bonds. The molecule has 45 heavy (non-hydrogen) atoms. The van der Waals surface area contributed by atoms with Gasteiger partial charge in [0.1, 0.15) is 23.7 Å². The Morgan fingerprint density at radius 2 is 1.73 bits per heavy atom. The van der Waals surface area contributed by atoms with Crippen LogP contribution in [0.15, 0.2) is 66.9 Å². The maximum atomic E-state index is 15.2. The van der Waals surface area contributed by atoms with Crippen LogP contribution in [-0.4, -0.2) is 56.9 Å². The summed E-state index contributed by atoms with van der Waals surface area (Å²) in [4.78, 5) is 15.7. The number of para-hydroxylation sites is 1. The average molecular weight is 645 g/mol. The van der Waals surface area contributed by atoms with Gasteiger partial charge in [-0.3, -0.25) is 0 Å². The van der Waals surface area contributed by atoms with E-state index in [-0.39, 0.29) is 34.8 Å². The molecule has 0 bridgehead atoms. The van der Waals surface area contributed by atoms with E-state index < -0.39 is 39.2 Å². The third-order valence-corrected chi connectivity index (χ3v) is 10.5. The molecule has 2 aliphatic rings. The number of hydrogen-bond donors (Lipinski definition) is 1. The van der Waals surface area contributed by atoms with Gasteiger partial charge in [0.05, 0.1) is 17.1 Å². The number of piperidine rings is 1. The molecular formula is C31H28F4N4O5S. The first-order chi connectivity index (χ1) is 21.4. The van der Waals surface area contributed by atoms with E-state index >= 15 is 4.39 Å². The molecule has 4 aromatic rings. The van der Waals surface area contributed by atoms with Crippen LogP contribution in [0.25, 0.3) is 17.1 Å². The first-order valence-electron chi connectivity index (χ1n) is 14.3. The van der Waals surface area contributed by atoms with E-state index in [9.17, 15) is 31.5 Å². The van der Waals surface area contributed by atoms with Crippen molar-refractivity contribution in [3.8, 4) is 22.8 Å². The summed E-state index contributed by atoms with van der Waals surface area (Å²) < 4.78 is 89.5.